The highest BCUT2D eigenvalue weighted by Gasteiger charge is 2.20. The number of nitrogens with zero attached hydrogens (tertiary/aromatic N) is 1. The van der Waals surface area contributed by atoms with Crippen LogP contribution >= 0.6 is 0 Å². The minimum absolute atomic E-state index is 0.123. The summed E-state index contributed by atoms with van der Waals surface area (Å²) in [6, 6.07) is 4.07. The summed E-state index contributed by atoms with van der Waals surface area (Å²) in [4.78, 5) is 13.3. The summed E-state index contributed by atoms with van der Waals surface area (Å²) < 4.78 is 11.2. The standard InChI is InChI=1S/C15H21NO3/c1-4-18-14-8-12-6-7-16(11(3)17)10-13(12)9-15(14)19-5-2/h8-9H,4-7,10H2,1-3H3. The number of benzene rings is 1. The van der Waals surface area contributed by atoms with Gasteiger partial charge in [-0.05, 0) is 43.5 Å². The van der Waals surface area contributed by atoms with Gasteiger partial charge in [-0.25, -0.2) is 0 Å². The molecule has 0 aliphatic carbocycles. The molecule has 0 spiro atoms. The van der Waals surface area contributed by atoms with Crippen LogP contribution in [-0.2, 0) is 17.8 Å². The molecule has 0 saturated carbocycles. The molecular weight excluding hydrogens is 242 g/mol. The lowest BCUT2D eigenvalue weighted by atomic mass is 9.99. The fraction of sp³-hybridized carbons (Fsp3) is 0.533. The van der Waals surface area contributed by atoms with Crippen LogP contribution in [0.1, 0.15) is 31.9 Å². The average Bonchev–Trinajstić information content (AvgIpc) is 2.39. The van der Waals surface area contributed by atoms with Gasteiger partial charge < -0.3 is 14.4 Å². The molecule has 2 rings (SSSR count). The molecule has 1 aliphatic heterocycles. The fourth-order valence-corrected chi connectivity index (χ4v) is 2.37. The third-order valence-electron chi connectivity index (χ3n) is 3.32. The van der Waals surface area contributed by atoms with E-state index in [1.165, 1.54) is 5.56 Å². The van der Waals surface area contributed by atoms with Gasteiger partial charge in [-0.3, -0.25) is 4.79 Å². The van der Waals surface area contributed by atoms with Crippen molar-refractivity contribution in [3.05, 3.63) is 23.3 Å². The summed E-state index contributed by atoms with van der Waals surface area (Å²) in [5, 5.41) is 0. The third-order valence-corrected chi connectivity index (χ3v) is 3.32. The molecule has 1 aromatic rings. The van der Waals surface area contributed by atoms with E-state index in [1.54, 1.807) is 6.92 Å². The van der Waals surface area contributed by atoms with Crippen LogP contribution in [0.25, 0.3) is 0 Å². The molecule has 104 valence electrons. The maximum atomic E-state index is 11.5. The lowest BCUT2D eigenvalue weighted by molar-refractivity contribution is -0.129. The van der Waals surface area contributed by atoms with Crippen molar-refractivity contribution in [2.75, 3.05) is 19.8 Å². The molecule has 0 radical (unpaired) electrons. The zero-order valence-corrected chi connectivity index (χ0v) is 11.9. The Morgan fingerprint density at radius 2 is 1.74 bits per heavy atom. The van der Waals surface area contributed by atoms with Crippen molar-refractivity contribution < 1.29 is 14.3 Å². The summed E-state index contributed by atoms with van der Waals surface area (Å²) >= 11 is 0. The van der Waals surface area contributed by atoms with Gasteiger partial charge in [0.25, 0.3) is 0 Å². The van der Waals surface area contributed by atoms with E-state index in [9.17, 15) is 4.79 Å². The fourth-order valence-electron chi connectivity index (χ4n) is 2.37. The Bertz CT molecular complexity index is 471. The van der Waals surface area contributed by atoms with Crippen LogP contribution in [-0.4, -0.2) is 30.6 Å². The number of carbonyl (C=O) groups is 1. The third kappa shape index (κ3) is 3.00. The molecule has 1 amide bonds. The van der Waals surface area contributed by atoms with Crippen molar-refractivity contribution >= 4 is 5.91 Å². The normalized spacial score (nSPS) is 13.9. The Labute approximate surface area is 114 Å². The maximum absolute atomic E-state index is 11.5. The van der Waals surface area contributed by atoms with Crippen molar-refractivity contribution in [3.8, 4) is 11.5 Å². The first-order valence-corrected chi connectivity index (χ1v) is 6.82. The molecule has 1 aromatic carbocycles. The molecule has 1 aliphatic rings. The lowest BCUT2D eigenvalue weighted by Crippen LogP contribution is -2.34. The molecule has 19 heavy (non-hydrogen) atoms. The molecule has 0 atom stereocenters. The van der Waals surface area contributed by atoms with Gasteiger partial charge in [-0.2, -0.15) is 0 Å². The maximum Gasteiger partial charge on any atom is 0.219 e. The first kappa shape index (κ1) is 13.7. The highest BCUT2D eigenvalue weighted by Crippen LogP contribution is 2.33. The number of carbonyl (C=O) groups excluding carboxylic acids is 1. The summed E-state index contributed by atoms with van der Waals surface area (Å²) in [5.74, 6) is 1.70. The lowest BCUT2D eigenvalue weighted by Gasteiger charge is -2.29. The van der Waals surface area contributed by atoms with E-state index < -0.39 is 0 Å². The second-order valence-corrected chi connectivity index (χ2v) is 4.62. The first-order chi connectivity index (χ1) is 9.15. The number of amides is 1. The summed E-state index contributed by atoms with van der Waals surface area (Å²) in [6.45, 7) is 8.21. The Kier molecular flexibility index (Phi) is 4.30. The predicted molar refractivity (Wildman–Crippen MR) is 73.6 cm³/mol. The van der Waals surface area contributed by atoms with Gasteiger partial charge in [0.05, 0.1) is 13.2 Å². The van der Waals surface area contributed by atoms with Crippen LogP contribution in [0.2, 0.25) is 0 Å². The topological polar surface area (TPSA) is 38.8 Å². The molecule has 0 unspecified atom stereocenters. The molecule has 0 aromatic heterocycles. The molecule has 0 bridgehead atoms. The van der Waals surface area contributed by atoms with Crippen LogP contribution in [0.4, 0.5) is 0 Å². The zero-order valence-electron chi connectivity index (χ0n) is 11.9. The monoisotopic (exact) mass is 263 g/mol. The van der Waals surface area contributed by atoms with Gasteiger partial charge in [-0.1, -0.05) is 0 Å². The van der Waals surface area contributed by atoms with E-state index in [0.29, 0.717) is 19.8 Å². The van der Waals surface area contributed by atoms with Crippen molar-refractivity contribution in [1.29, 1.82) is 0 Å². The van der Waals surface area contributed by atoms with E-state index in [1.807, 2.05) is 24.8 Å². The minimum atomic E-state index is 0.123. The number of fused-ring (bicyclic) bond motifs is 1. The zero-order chi connectivity index (χ0) is 13.8. The van der Waals surface area contributed by atoms with Crippen LogP contribution in [0.3, 0.4) is 0 Å². The van der Waals surface area contributed by atoms with Crippen LogP contribution in [0.15, 0.2) is 12.1 Å². The Morgan fingerprint density at radius 1 is 1.16 bits per heavy atom. The molecule has 4 nitrogen and oxygen atoms in total. The highest BCUT2D eigenvalue weighted by molar-refractivity contribution is 5.73. The number of hydrogen-bond donors (Lipinski definition) is 0. The van der Waals surface area contributed by atoms with Crippen molar-refractivity contribution in [2.24, 2.45) is 0 Å². The van der Waals surface area contributed by atoms with Gasteiger partial charge in [0, 0.05) is 20.0 Å². The largest absolute Gasteiger partial charge is 0.490 e. The Hall–Kier alpha value is -1.71. The van der Waals surface area contributed by atoms with Crippen molar-refractivity contribution in [1.82, 2.24) is 4.90 Å². The highest BCUT2D eigenvalue weighted by atomic mass is 16.5. The van der Waals surface area contributed by atoms with Crippen LogP contribution in [0, 0.1) is 0 Å². The minimum Gasteiger partial charge on any atom is -0.490 e. The van der Waals surface area contributed by atoms with Gasteiger partial charge in [0.15, 0.2) is 11.5 Å². The summed E-state index contributed by atoms with van der Waals surface area (Å²) in [7, 11) is 0. The quantitative estimate of drug-likeness (QED) is 0.837. The van der Waals surface area contributed by atoms with Gasteiger partial charge in [0.2, 0.25) is 5.91 Å². The van der Waals surface area contributed by atoms with E-state index >= 15 is 0 Å². The van der Waals surface area contributed by atoms with Crippen LogP contribution in [0.5, 0.6) is 11.5 Å². The van der Waals surface area contributed by atoms with E-state index in [-0.39, 0.29) is 5.91 Å². The van der Waals surface area contributed by atoms with Gasteiger partial charge >= 0.3 is 0 Å². The molecule has 1 heterocycles. The molecule has 0 saturated heterocycles. The number of ether oxygens (including phenoxy) is 2. The second-order valence-electron chi connectivity index (χ2n) is 4.62. The summed E-state index contributed by atoms with van der Waals surface area (Å²) in [5.41, 5.74) is 2.41. The van der Waals surface area contributed by atoms with E-state index in [0.717, 1.165) is 30.0 Å². The number of hydrogen-bond acceptors (Lipinski definition) is 3. The first-order valence-electron chi connectivity index (χ1n) is 6.82. The van der Waals surface area contributed by atoms with Gasteiger partial charge in [0.1, 0.15) is 0 Å². The summed E-state index contributed by atoms with van der Waals surface area (Å²) in [6.07, 6.45) is 0.876. The van der Waals surface area contributed by atoms with Crippen LogP contribution < -0.4 is 9.47 Å². The molecule has 0 N–H and O–H groups in total. The Balaban J connectivity index is 2.31. The average molecular weight is 263 g/mol. The van der Waals surface area contributed by atoms with E-state index in [2.05, 4.69) is 6.07 Å². The predicted octanol–water partition coefficient (Wildman–Crippen LogP) is 2.39. The SMILES string of the molecule is CCOc1cc2c(cc1OCC)CN(C(C)=O)CC2. The Morgan fingerprint density at radius 3 is 2.26 bits per heavy atom. The van der Waals surface area contributed by atoms with Gasteiger partial charge in [-0.15, -0.1) is 0 Å². The van der Waals surface area contributed by atoms with E-state index in [4.69, 9.17) is 9.47 Å². The molecule has 4 heteroatoms. The second kappa shape index (κ2) is 5.95. The van der Waals surface area contributed by atoms with Crippen molar-refractivity contribution in [3.63, 3.8) is 0 Å². The van der Waals surface area contributed by atoms with Crippen molar-refractivity contribution in [2.45, 2.75) is 33.7 Å². The number of rotatable bonds is 4. The molecular formula is C15H21NO3. The smallest absolute Gasteiger partial charge is 0.219 e. The molecule has 0 fully saturated rings.